The Bertz CT molecular complexity index is 294. The lowest BCUT2D eigenvalue weighted by Crippen LogP contribution is -2.30. The number of hydrogen-bond acceptors (Lipinski definition) is 5. The van der Waals surface area contributed by atoms with Crippen LogP contribution in [-0.4, -0.2) is 32.8 Å². The third-order valence-corrected chi connectivity index (χ3v) is 2.48. The van der Waals surface area contributed by atoms with E-state index in [0.29, 0.717) is 12.2 Å². The fourth-order valence-electron chi connectivity index (χ4n) is 0.774. The standard InChI is InChI=1S/C8H11N3O2S/c9-6(8(12)13)1-4-14-7-5-10-2-3-11-7/h2-3,5-6H,1,4,9H2,(H,12,13). The van der Waals surface area contributed by atoms with Crippen molar-refractivity contribution in [2.45, 2.75) is 17.5 Å². The SMILES string of the molecule is NC(CCSc1cnccn1)C(=O)O. The van der Waals surface area contributed by atoms with Gasteiger partial charge in [-0.3, -0.25) is 9.78 Å². The minimum atomic E-state index is -0.968. The van der Waals surface area contributed by atoms with Crippen LogP contribution in [-0.2, 0) is 4.79 Å². The number of carboxylic acid groups (broad SMARTS) is 1. The third kappa shape index (κ3) is 3.71. The number of hydrogen-bond donors (Lipinski definition) is 2. The fourth-order valence-corrected chi connectivity index (χ4v) is 1.63. The molecule has 0 aliphatic heterocycles. The Hall–Kier alpha value is -1.14. The van der Waals surface area contributed by atoms with Crippen LogP contribution in [0.15, 0.2) is 23.6 Å². The van der Waals surface area contributed by atoms with Crippen LogP contribution in [0.4, 0.5) is 0 Å². The summed E-state index contributed by atoms with van der Waals surface area (Å²) in [5.74, 6) is -0.337. The van der Waals surface area contributed by atoms with Gasteiger partial charge in [0.2, 0.25) is 0 Å². The quantitative estimate of drug-likeness (QED) is 0.687. The molecule has 3 N–H and O–H groups in total. The number of aliphatic carboxylic acids is 1. The second kappa shape index (κ2) is 5.56. The number of carbonyl (C=O) groups is 1. The van der Waals surface area contributed by atoms with Gasteiger partial charge in [0.1, 0.15) is 11.1 Å². The van der Waals surface area contributed by atoms with E-state index in [2.05, 4.69) is 9.97 Å². The van der Waals surface area contributed by atoms with Crippen LogP contribution in [0.5, 0.6) is 0 Å². The number of nitrogens with two attached hydrogens (primary N) is 1. The number of aromatic nitrogens is 2. The summed E-state index contributed by atoms with van der Waals surface area (Å²) in [4.78, 5) is 18.3. The lowest BCUT2D eigenvalue weighted by molar-refractivity contribution is -0.138. The van der Waals surface area contributed by atoms with Gasteiger partial charge in [0.05, 0.1) is 6.20 Å². The molecule has 0 aromatic carbocycles. The van der Waals surface area contributed by atoms with Gasteiger partial charge in [0.15, 0.2) is 0 Å². The van der Waals surface area contributed by atoms with Gasteiger partial charge in [0, 0.05) is 18.1 Å². The monoisotopic (exact) mass is 213 g/mol. The average molecular weight is 213 g/mol. The van der Waals surface area contributed by atoms with E-state index in [1.807, 2.05) is 0 Å². The molecule has 0 bridgehead atoms. The fraction of sp³-hybridized carbons (Fsp3) is 0.375. The van der Waals surface area contributed by atoms with E-state index >= 15 is 0 Å². The molecule has 0 radical (unpaired) electrons. The average Bonchev–Trinajstić information content (AvgIpc) is 2.19. The second-order valence-corrected chi connectivity index (χ2v) is 3.74. The highest BCUT2D eigenvalue weighted by atomic mass is 32.2. The highest BCUT2D eigenvalue weighted by Gasteiger charge is 2.10. The lowest BCUT2D eigenvalue weighted by Gasteiger charge is -2.04. The summed E-state index contributed by atoms with van der Waals surface area (Å²) in [6.45, 7) is 0. The summed E-state index contributed by atoms with van der Waals surface area (Å²) < 4.78 is 0. The Morgan fingerprint density at radius 2 is 2.43 bits per heavy atom. The van der Waals surface area contributed by atoms with Gasteiger partial charge in [-0.25, -0.2) is 4.98 Å². The van der Waals surface area contributed by atoms with E-state index in [1.165, 1.54) is 11.8 Å². The molecule has 14 heavy (non-hydrogen) atoms. The van der Waals surface area contributed by atoms with Crippen LogP contribution in [0.1, 0.15) is 6.42 Å². The predicted molar refractivity (Wildman–Crippen MR) is 53.0 cm³/mol. The summed E-state index contributed by atoms with van der Waals surface area (Å²) in [7, 11) is 0. The van der Waals surface area contributed by atoms with Gasteiger partial charge in [-0.05, 0) is 6.42 Å². The summed E-state index contributed by atoms with van der Waals surface area (Å²) in [5.41, 5.74) is 5.33. The van der Waals surface area contributed by atoms with E-state index in [1.54, 1.807) is 18.6 Å². The van der Waals surface area contributed by atoms with Gasteiger partial charge in [-0.2, -0.15) is 0 Å². The Labute approximate surface area is 85.7 Å². The normalized spacial score (nSPS) is 12.4. The van der Waals surface area contributed by atoms with Crippen molar-refractivity contribution in [2.24, 2.45) is 5.73 Å². The van der Waals surface area contributed by atoms with E-state index < -0.39 is 12.0 Å². The van der Waals surface area contributed by atoms with Crippen molar-refractivity contribution in [3.8, 4) is 0 Å². The molecule has 1 aromatic heterocycles. The van der Waals surface area contributed by atoms with Crippen molar-refractivity contribution in [2.75, 3.05) is 5.75 Å². The Balaban J connectivity index is 2.26. The molecule has 1 heterocycles. The first kappa shape index (κ1) is 10.9. The third-order valence-electron chi connectivity index (χ3n) is 1.54. The topological polar surface area (TPSA) is 89.1 Å². The van der Waals surface area contributed by atoms with Crippen molar-refractivity contribution in [1.29, 1.82) is 0 Å². The number of nitrogens with zero attached hydrogens (tertiary/aromatic N) is 2. The van der Waals surface area contributed by atoms with Gasteiger partial charge in [-0.15, -0.1) is 11.8 Å². The smallest absolute Gasteiger partial charge is 0.320 e. The van der Waals surface area contributed by atoms with Gasteiger partial charge >= 0.3 is 5.97 Å². The first-order valence-electron chi connectivity index (χ1n) is 4.07. The molecule has 0 amide bonds. The molecule has 0 saturated heterocycles. The van der Waals surface area contributed by atoms with Crippen LogP contribution >= 0.6 is 11.8 Å². The zero-order valence-corrected chi connectivity index (χ0v) is 8.28. The molecule has 1 unspecified atom stereocenters. The van der Waals surface area contributed by atoms with Gasteiger partial charge in [-0.1, -0.05) is 0 Å². The van der Waals surface area contributed by atoms with E-state index in [0.717, 1.165) is 5.03 Å². The molecule has 1 rings (SSSR count). The molecule has 0 spiro atoms. The number of rotatable bonds is 5. The van der Waals surface area contributed by atoms with Crippen molar-refractivity contribution in [1.82, 2.24) is 9.97 Å². The van der Waals surface area contributed by atoms with Gasteiger partial charge in [0.25, 0.3) is 0 Å². The molecule has 5 nitrogen and oxygen atoms in total. The highest BCUT2D eigenvalue weighted by molar-refractivity contribution is 7.99. The minimum absolute atomic E-state index is 0.427. The molecule has 1 atom stereocenters. The van der Waals surface area contributed by atoms with Crippen molar-refractivity contribution in [3.63, 3.8) is 0 Å². The van der Waals surface area contributed by atoms with Crippen LogP contribution in [0.25, 0.3) is 0 Å². The first-order chi connectivity index (χ1) is 6.70. The largest absolute Gasteiger partial charge is 0.480 e. The Morgan fingerprint density at radius 1 is 1.64 bits per heavy atom. The maximum atomic E-state index is 10.4. The number of thioether (sulfide) groups is 1. The lowest BCUT2D eigenvalue weighted by atomic mass is 10.2. The molecule has 0 aliphatic carbocycles. The number of carboxylic acids is 1. The summed E-state index contributed by atoms with van der Waals surface area (Å²) in [5, 5.41) is 9.30. The zero-order chi connectivity index (χ0) is 10.4. The maximum absolute atomic E-state index is 10.4. The first-order valence-corrected chi connectivity index (χ1v) is 5.06. The van der Waals surface area contributed by atoms with Crippen LogP contribution in [0, 0.1) is 0 Å². The molecule has 1 aromatic rings. The summed E-state index contributed by atoms with van der Waals surface area (Å²) in [6, 6.07) is -0.792. The molecule has 0 fully saturated rings. The molecule has 0 aliphatic rings. The zero-order valence-electron chi connectivity index (χ0n) is 7.46. The maximum Gasteiger partial charge on any atom is 0.320 e. The van der Waals surface area contributed by atoms with E-state index in [-0.39, 0.29) is 0 Å². The van der Waals surface area contributed by atoms with E-state index in [9.17, 15) is 4.79 Å². The van der Waals surface area contributed by atoms with Crippen LogP contribution in [0.3, 0.4) is 0 Å². The van der Waals surface area contributed by atoms with Crippen LogP contribution < -0.4 is 5.73 Å². The van der Waals surface area contributed by atoms with Gasteiger partial charge < -0.3 is 10.8 Å². The molecular formula is C8H11N3O2S. The highest BCUT2D eigenvalue weighted by Crippen LogP contribution is 2.14. The predicted octanol–water partition coefficient (Wildman–Crippen LogP) is 0.371. The molecule has 0 saturated carbocycles. The Kier molecular flexibility index (Phi) is 4.34. The van der Waals surface area contributed by atoms with Crippen molar-refractivity contribution < 1.29 is 9.90 Å². The molecule has 6 heteroatoms. The van der Waals surface area contributed by atoms with E-state index in [4.69, 9.17) is 10.8 Å². The second-order valence-electron chi connectivity index (χ2n) is 2.63. The minimum Gasteiger partial charge on any atom is -0.480 e. The Morgan fingerprint density at radius 3 is 3.00 bits per heavy atom. The molecule has 76 valence electrons. The molecular weight excluding hydrogens is 202 g/mol. The summed E-state index contributed by atoms with van der Waals surface area (Å²) >= 11 is 1.45. The van der Waals surface area contributed by atoms with Crippen molar-refractivity contribution in [3.05, 3.63) is 18.6 Å². The van der Waals surface area contributed by atoms with Crippen molar-refractivity contribution >= 4 is 17.7 Å². The van der Waals surface area contributed by atoms with Crippen LogP contribution in [0.2, 0.25) is 0 Å². The summed E-state index contributed by atoms with van der Waals surface area (Å²) in [6.07, 6.45) is 5.25.